The van der Waals surface area contributed by atoms with Crippen LogP contribution in [-0.2, 0) is 14.8 Å². The number of sulfonamides is 1. The minimum atomic E-state index is -3.68. The Bertz CT molecular complexity index is 1070. The molecule has 2 N–H and O–H groups in total. The first-order chi connectivity index (χ1) is 15.3. The fourth-order valence-electron chi connectivity index (χ4n) is 3.85. The standard InChI is InChI=1S/C21H25FN4O5S/c22-16-3-1-15(2-4-16)20(27)24-17-5-7-25(8-6-17)21(28)19-13-18(14-23-19)32(29,30)26-9-11-31-12-10-26/h1-4,13-14,17,23H,5-12H2,(H,24,27). The first kappa shape index (κ1) is 22.4. The van der Waals surface area contributed by atoms with Crippen molar-refractivity contribution < 1.29 is 27.1 Å². The number of hydrogen-bond acceptors (Lipinski definition) is 5. The highest BCUT2D eigenvalue weighted by Gasteiger charge is 2.30. The van der Waals surface area contributed by atoms with Crippen molar-refractivity contribution in [2.45, 2.75) is 23.8 Å². The molecule has 0 unspecified atom stereocenters. The quantitative estimate of drug-likeness (QED) is 0.691. The Balaban J connectivity index is 1.33. The van der Waals surface area contributed by atoms with Crippen molar-refractivity contribution in [2.75, 3.05) is 39.4 Å². The van der Waals surface area contributed by atoms with Crippen molar-refractivity contribution in [3.05, 3.63) is 53.6 Å². The van der Waals surface area contributed by atoms with Crippen LogP contribution in [0.1, 0.15) is 33.7 Å². The Labute approximate surface area is 185 Å². The van der Waals surface area contributed by atoms with Gasteiger partial charge in [-0.25, -0.2) is 12.8 Å². The van der Waals surface area contributed by atoms with Crippen LogP contribution < -0.4 is 5.32 Å². The predicted octanol–water partition coefficient (Wildman–Crippen LogP) is 1.21. The van der Waals surface area contributed by atoms with Gasteiger partial charge in [0, 0.05) is 44.0 Å². The van der Waals surface area contributed by atoms with Crippen LogP contribution in [0, 0.1) is 5.82 Å². The number of nitrogens with zero attached hydrogens (tertiary/aromatic N) is 2. The summed E-state index contributed by atoms with van der Waals surface area (Å²) in [7, 11) is -3.68. The van der Waals surface area contributed by atoms with E-state index in [0.29, 0.717) is 44.7 Å². The molecule has 0 radical (unpaired) electrons. The Morgan fingerprint density at radius 1 is 1.06 bits per heavy atom. The molecule has 9 nitrogen and oxygen atoms in total. The maximum absolute atomic E-state index is 13.0. The summed E-state index contributed by atoms with van der Waals surface area (Å²) in [5.41, 5.74) is 0.593. The van der Waals surface area contributed by atoms with Crippen molar-refractivity contribution in [1.29, 1.82) is 0 Å². The van der Waals surface area contributed by atoms with E-state index in [4.69, 9.17) is 4.74 Å². The molecule has 1 aromatic carbocycles. The molecule has 0 spiro atoms. The van der Waals surface area contributed by atoms with Crippen LogP contribution in [0.25, 0.3) is 0 Å². The lowest BCUT2D eigenvalue weighted by atomic mass is 10.0. The second kappa shape index (κ2) is 9.39. The van der Waals surface area contributed by atoms with E-state index < -0.39 is 15.8 Å². The number of benzene rings is 1. The zero-order valence-electron chi connectivity index (χ0n) is 17.4. The molecule has 4 rings (SSSR count). The molecule has 2 aromatic rings. The number of H-pyrrole nitrogens is 1. The third kappa shape index (κ3) is 4.84. The van der Waals surface area contributed by atoms with Crippen molar-refractivity contribution >= 4 is 21.8 Å². The summed E-state index contributed by atoms with van der Waals surface area (Å²) in [4.78, 5) is 29.6. The number of halogens is 1. The number of aromatic nitrogens is 1. The van der Waals surface area contributed by atoms with Crippen molar-refractivity contribution in [3.63, 3.8) is 0 Å². The molecule has 2 saturated heterocycles. The van der Waals surface area contributed by atoms with E-state index in [1.807, 2.05) is 0 Å². The Kier molecular flexibility index (Phi) is 6.58. The molecule has 1 aromatic heterocycles. The second-order valence-corrected chi connectivity index (χ2v) is 9.75. The first-order valence-electron chi connectivity index (χ1n) is 10.5. The van der Waals surface area contributed by atoms with Gasteiger partial charge in [0.1, 0.15) is 16.4 Å². The summed E-state index contributed by atoms with van der Waals surface area (Å²) in [6.07, 6.45) is 2.48. The van der Waals surface area contributed by atoms with Crippen LogP contribution >= 0.6 is 0 Å². The molecule has 0 atom stereocenters. The van der Waals surface area contributed by atoms with Gasteiger partial charge in [-0.3, -0.25) is 9.59 Å². The molecule has 2 fully saturated rings. The lowest BCUT2D eigenvalue weighted by Crippen LogP contribution is -2.46. The van der Waals surface area contributed by atoms with E-state index in [1.54, 1.807) is 4.90 Å². The van der Waals surface area contributed by atoms with Gasteiger partial charge < -0.3 is 19.9 Å². The van der Waals surface area contributed by atoms with Crippen molar-refractivity contribution in [1.82, 2.24) is 19.5 Å². The average molecular weight is 465 g/mol. The van der Waals surface area contributed by atoms with Gasteiger partial charge >= 0.3 is 0 Å². The Hall–Kier alpha value is -2.76. The van der Waals surface area contributed by atoms with Crippen LogP contribution in [0.4, 0.5) is 4.39 Å². The van der Waals surface area contributed by atoms with Gasteiger partial charge in [-0.05, 0) is 43.2 Å². The van der Waals surface area contributed by atoms with Gasteiger partial charge in [-0.1, -0.05) is 0 Å². The molecule has 3 heterocycles. The minimum Gasteiger partial charge on any atom is -0.379 e. The van der Waals surface area contributed by atoms with E-state index in [-0.39, 0.29) is 41.5 Å². The second-order valence-electron chi connectivity index (χ2n) is 7.81. The molecule has 2 amide bonds. The Morgan fingerprint density at radius 2 is 1.72 bits per heavy atom. The van der Waals surface area contributed by atoms with Gasteiger partial charge in [0.25, 0.3) is 11.8 Å². The number of likely N-dealkylation sites (tertiary alicyclic amines) is 1. The lowest BCUT2D eigenvalue weighted by Gasteiger charge is -2.32. The number of carbonyl (C=O) groups excluding carboxylic acids is 2. The highest BCUT2D eigenvalue weighted by molar-refractivity contribution is 7.89. The number of hydrogen-bond donors (Lipinski definition) is 2. The monoisotopic (exact) mass is 464 g/mol. The normalized spacial score (nSPS) is 18.5. The number of morpholine rings is 1. The van der Waals surface area contributed by atoms with Gasteiger partial charge in [-0.2, -0.15) is 4.31 Å². The number of amides is 2. The molecule has 0 bridgehead atoms. The summed E-state index contributed by atoms with van der Waals surface area (Å²) in [6, 6.07) is 6.60. The SMILES string of the molecule is O=C(NC1CCN(C(=O)c2cc(S(=O)(=O)N3CCOCC3)c[nH]2)CC1)c1ccc(F)cc1. The molecular weight excluding hydrogens is 439 g/mol. The molecule has 32 heavy (non-hydrogen) atoms. The molecule has 11 heteroatoms. The highest BCUT2D eigenvalue weighted by Crippen LogP contribution is 2.20. The fraction of sp³-hybridized carbons (Fsp3) is 0.429. The van der Waals surface area contributed by atoms with Crippen LogP contribution in [0.15, 0.2) is 41.4 Å². The molecular formula is C21H25FN4O5S. The number of ether oxygens (including phenoxy) is 1. The first-order valence-corrected chi connectivity index (χ1v) is 11.9. The van der Waals surface area contributed by atoms with E-state index in [0.717, 1.165) is 0 Å². The number of aromatic amines is 1. The van der Waals surface area contributed by atoms with Crippen molar-refractivity contribution in [3.8, 4) is 0 Å². The third-order valence-electron chi connectivity index (χ3n) is 5.72. The smallest absolute Gasteiger partial charge is 0.270 e. The summed E-state index contributed by atoms with van der Waals surface area (Å²) in [5, 5.41) is 2.91. The average Bonchev–Trinajstić information content (AvgIpc) is 3.31. The van der Waals surface area contributed by atoms with Crippen LogP contribution in [0.5, 0.6) is 0 Å². The van der Waals surface area contributed by atoms with E-state index in [9.17, 15) is 22.4 Å². The van der Waals surface area contributed by atoms with Crippen LogP contribution in [-0.4, -0.2) is 79.9 Å². The van der Waals surface area contributed by atoms with Gasteiger partial charge in [0.15, 0.2) is 0 Å². The zero-order chi connectivity index (χ0) is 22.7. The minimum absolute atomic E-state index is 0.0594. The zero-order valence-corrected chi connectivity index (χ0v) is 18.2. The number of carbonyl (C=O) groups is 2. The third-order valence-corrected chi connectivity index (χ3v) is 7.59. The number of piperidine rings is 1. The van der Waals surface area contributed by atoms with Crippen LogP contribution in [0.2, 0.25) is 0 Å². The maximum atomic E-state index is 13.0. The summed E-state index contributed by atoms with van der Waals surface area (Å²) in [5.74, 6) is -0.965. The fourth-order valence-corrected chi connectivity index (χ4v) is 5.25. The Morgan fingerprint density at radius 3 is 2.38 bits per heavy atom. The summed E-state index contributed by atoms with van der Waals surface area (Å²) < 4.78 is 45.1. The van der Waals surface area contributed by atoms with E-state index in [2.05, 4.69) is 10.3 Å². The largest absolute Gasteiger partial charge is 0.379 e. The topological polar surface area (TPSA) is 112 Å². The summed E-state index contributed by atoms with van der Waals surface area (Å²) >= 11 is 0. The van der Waals surface area contributed by atoms with Crippen molar-refractivity contribution in [2.24, 2.45) is 0 Å². The highest BCUT2D eigenvalue weighted by atomic mass is 32.2. The van der Waals surface area contributed by atoms with Gasteiger partial charge in [0.05, 0.1) is 13.2 Å². The molecule has 2 aliphatic heterocycles. The molecule has 2 aliphatic rings. The number of rotatable bonds is 5. The van der Waals surface area contributed by atoms with Crippen LogP contribution in [0.3, 0.4) is 0 Å². The molecule has 0 saturated carbocycles. The van der Waals surface area contributed by atoms with E-state index >= 15 is 0 Å². The number of nitrogens with one attached hydrogen (secondary N) is 2. The summed E-state index contributed by atoms with van der Waals surface area (Å²) in [6.45, 7) is 2.13. The maximum Gasteiger partial charge on any atom is 0.270 e. The molecule has 0 aliphatic carbocycles. The van der Waals surface area contributed by atoms with Gasteiger partial charge in [-0.15, -0.1) is 0 Å². The lowest BCUT2D eigenvalue weighted by molar-refractivity contribution is 0.0692. The predicted molar refractivity (Wildman–Crippen MR) is 113 cm³/mol. The van der Waals surface area contributed by atoms with E-state index in [1.165, 1.54) is 40.8 Å². The molecule has 172 valence electrons. The van der Waals surface area contributed by atoms with Gasteiger partial charge in [0.2, 0.25) is 10.0 Å².